The molecule has 3 atom stereocenters. The number of alkyl carbamates (subject to hydrolysis) is 1. The standard InChI is InChI=1S/C39H57N5O12S2/c1-25(2)34(47)43-39(8,9)32(45)19-26(3)20-52-17-18-53-21-27(4)41-33(46)23-54-29-14-12-28(13-15-29)22-55-36(48)30(42-37(49)56-38(5,6)7)24-57-58-35-31(44(50)51)11-10-16-40-35/h10-16,25-27,30H,17-24H2,1-9H3,(H,41,46)(H,42,49)(H,43,47)/t26?,27?,30-/m0/s1. The van der Waals surface area contributed by atoms with Crippen LogP contribution >= 0.6 is 21.6 Å². The van der Waals surface area contributed by atoms with Crippen molar-refractivity contribution < 1.29 is 52.6 Å². The van der Waals surface area contributed by atoms with Crippen molar-refractivity contribution in [3.05, 3.63) is 58.3 Å². The van der Waals surface area contributed by atoms with Gasteiger partial charge in [0.1, 0.15) is 24.0 Å². The Morgan fingerprint density at radius 1 is 0.914 bits per heavy atom. The van der Waals surface area contributed by atoms with Crippen LogP contribution in [0, 0.1) is 22.0 Å². The van der Waals surface area contributed by atoms with Gasteiger partial charge in [-0.15, -0.1) is 0 Å². The quantitative estimate of drug-likeness (QED) is 0.0373. The lowest BCUT2D eigenvalue weighted by Gasteiger charge is -2.27. The predicted molar refractivity (Wildman–Crippen MR) is 219 cm³/mol. The number of amides is 3. The maximum atomic E-state index is 13.1. The lowest BCUT2D eigenvalue weighted by atomic mass is 9.91. The molecule has 0 aliphatic rings. The molecule has 1 aromatic heterocycles. The number of Topliss-reactive ketones (excluding diaryl/α,β-unsaturated/α-hetero) is 1. The lowest BCUT2D eigenvalue weighted by Crippen LogP contribution is -2.51. The lowest BCUT2D eigenvalue weighted by molar-refractivity contribution is -0.388. The molecule has 0 spiro atoms. The average molecular weight is 852 g/mol. The van der Waals surface area contributed by atoms with Crippen molar-refractivity contribution in [1.82, 2.24) is 20.9 Å². The van der Waals surface area contributed by atoms with Gasteiger partial charge in [-0.3, -0.25) is 24.5 Å². The molecule has 58 heavy (non-hydrogen) atoms. The van der Waals surface area contributed by atoms with E-state index in [-0.39, 0.29) is 78.2 Å². The molecule has 0 aliphatic heterocycles. The summed E-state index contributed by atoms with van der Waals surface area (Å²) >= 11 is 0. The van der Waals surface area contributed by atoms with Crippen molar-refractivity contribution >= 4 is 56.9 Å². The summed E-state index contributed by atoms with van der Waals surface area (Å²) < 4.78 is 27.6. The minimum atomic E-state index is -1.14. The first-order chi connectivity index (χ1) is 27.2. The van der Waals surface area contributed by atoms with E-state index in [9.17, 15) is 34.1 Å². The van der Waals surface area contributed by atoms with Crippen molar-refractivity contribution in [2.45, 2.75) is 104 Å². The molecule has 1 aromatic carbocycles. The molecule has 0 fully saturated rings. The second-order valence-electron chi connectivity index (χ2n) is 15.3. The highest BCUT2D eigenvalue weighted by molar-refractivity contribution is 8.76. The number of hydrogen-bond donors (Lipinski definition) is 3. The Hall–Kier alpha value is -4.46. The molecule has 2 rings (SSSR count). The monoisotopic (exact) mass is 851 g/mol. The molecule has 0 radical (unpaired) electrons. The van der Waals surface area contributed by atoms with E-state index in [2.05, 4.69) is 20.9 Å². The van der Waals surface area contributed by atoms with Crippen LogP contribution in [0.15, 0.2) is 47.6 Å². The summed E-state index contributed by atoms with van der Waals surface area (Å²) in [5, 5.41) is 19.6. The molecule has 1 heterocycles. The number of nitro groups is 1. The Labute approximate surface area is 347 Å². The van der Waals surface area contributed by atoms with Gasteiger partial charge in [0, 0.05) is 43.0 Å². The minimum absolute atomic E-state index is 0.00380. The third-order valence-corrected chi connectivity index (χ3v) is 10.0. The van der Waals surface area contributed by atoms with Crippen LogP contribution in [-0.4, -0.2) is 102 Å². The summed E-state index contributed by atoms with van der Waals surface area (Å²) in [5.74, 6) is -1.19. The molecule has 19 heteroatoms. The van der Waals surface area contributed by atoms with E-state index in [1.54, 1.807) is 79.7 Å². The highest BCUT2D eigenvalue weighted by atomic mass is 33.1. The molecular weight excluding hydrogens is 795 g/mol. The summed E-state index contributed by atoms with van der Waals surface area (Å²) in [6.07, 6.45) is 0.855. The Bertz CT molecular complexity index is 1670. The molecule has 3 N–H and O–H groups in total. The summed E-state index contributed by atoms with van der Waals surface area (Å²) in [6.45, 7) is 16.5. The van der Waals surface area contributed by atoms with E-state index >= 15 is 0 Å². The highest BCUT2D eigenvalue weighted by Gasteiger charge is 2.31. The number of carbonyl (C=O) groups excluding carboxylic acids is 5. The fourth-order valence-electron chi connectivity index (χ4n) is 4.62. The Kier molecular flexibility index (Phi) is 21.0. The number of nitrogens with one attached hydrogen (secondary N) is 3. The van der Waals surface area contributed by atoms with E-state index in [1.165, 1.54) is 18.3 Å². The first kappa shape index (κ1) is 49.7. The number of hydrogen-bond acceptors (Lipinski definition) is 15. The van der Waals surface area contributed by atoms with E-state index in [4.69, 9.17) is 23.7 Å². The average Bonchev–Trinajstić information content (AvgIpc) is 3.13. The van der Waals surface area contributed by atoms with Crippen LogP contribution in [0.4, 0.5) is 10.5 Å². The van der Waals surface area contributed by atoms with Crippen LogP contribution in [0.25, 0.3) is 0 Å². The Morgan fingerprint density at radius 2 is 1.57 bits per heavy atom. The SMILES string of the molecule is CC(COCCOCC(C)NC(=O)COc1ccc(COC(=O)[C@H](CSSc2ncccc2[N+](=O)[O-])NC(=O)OC(C)(C)C)cc1)CC(=O)C(C)(C)NC(=O)C(C)C. The third-order valence-electron chi connectivity index (χ3n) is 7.71. The van der Waals surface area contributed by atoms with Gasteiger partial charge in [-0.2, -0.15) is 0 Å². The van der Waals surface area contributed by atoms with Gasteiger partial charge in [-0.25, -0.2) is 14.6 Å². The predicted octanol–water partition coefficient (Wildman–Crippen LogP) is 5.43. The normalized spacial score (nSPS) is 13.1. The molecule has 2 aromatic rings. The molecule has 2 unspecified atom stereocenters. The van der Waals surface area contributed by atoms with Gasteiger partial charge in [-0.05, 0) is 82.0 Å². The molecule has 0 bridgehead atoms. The summed E-state index contributed by atoms with van der Waals surface area (Å²) in [5.41, 5.74) is -1.34. The molecule has 17 nitrogen and oxygen atoms in total. The zero-order valence-electron chi connectivity index (χ0n) is 34.6. The summed E-state index contributed by atoms with van der Waals surface area (Å²) in [6, 6.07) is 7.89. The van der Waals surface area contributed by atoms with Gasteiger partial charge in [0.15, 0.2) is 17.4 Å². The third kappa shape index (κ3) is 19.8. The van der Waals surface area contributed by atoms with Crippen molar-refractivity contribution in [2.75, 3.05) is 38.8 Å². The zero-order chi connectivity index (χ0) is 43.5. The minimum Gasteiger partial charge on any atom is -0.484 e. The van der Waals surface area contributed by atoms with Crippen LogP contribution < -0.4 is 20.7 Å². The molecule has 0 aliphatic carbocycles. The van der Waals surface area contributed by atoms with Gasteiger partial charge in [0.05, 0.1) is 30.3 Å². The molecule has 3 amide bonds. The van der Waals surface area contributed by atoms with E-state index < -0.39 is 34.2 Å². The fraction of sp³-hybridized carbons (Fsp3) is 0.590. The van der Waals surface area contributed by atoms with E-state index in [0.29, 0.717) is 31.1 Å². The number of aromatic nitrogens is 1. The molecular formula is C39H57N5O12S2. The number of rotatable bonds is 25. The number of ketones is 1. The number of benzene rings is 1. The number of esters is 1. The largest absolute Gasteiger partial charge is 0.484 e. The van der Waals surface area contributed by atoms with E-state index in [1.807, 2.05) is 6.92 Å². The van der Waals surface area contributed by atoms with Crippen LogP contribution in [0.1, 0.15) is 74.3 Å². The second kappa shape index (κ2) is 24.5. The summed E-state index contributed by atoms with van der Waals surface area (Å²) in [7, 11) is 2.07. The zero-order valence-corrected chi connectivity index (χ0v) is 36.3. The topological polar surface area (TPSA) is 224 Å². The number of carbonyl (C=O) groups is 5. The van der Waals surface area contributed by atoms with Crippen LogP contribution in [-0.2, 0) is 44.7 Å². The molecule has 0 saturated heterocycles. The Balaban J connectivity index is 1.73. The van der Waals surface area contributed by atoms with Crippen LogP contribution in [0.3, 0.4) is 0 Å². The smallest absolute Gasteiger partial charge is 0.408 e. The van der Waals surface area contributed by atoms with Crippen molar-refractivity contribution in [1.29, 1.82) is 0 Å². The number of nitrogens with zero attached hydrogens (tertiary/aromatic N) is 2. The van der Waals surface area contributed by atoms with Gasteiger partial charge < -0.3 is 39.6 Å². The van der Waals surface area contributed by atoms with Gasteiger partial charge >= 0.3 is 17.7 Å². The molecule has 0 saturated carbocycles. The van der Waals surface area contributed by atoms with Gasteiger partial charge in [0.2, 0.25) is 5.91 Å². The first-order valence-electron chi connectivity index (χ1n) is 18.7. The maximum Gasteiger partial charge on any atom is 0.408 e. The second-order valence-corrected chi connectivity index (χ2v) is 17.6. The van der Waals surface area contributed by atoms with Crippen molar-refractivity contribution in [3.8, 4) is 5.75 Å². The van der Waals surface area contributed by atoms with Crippen LogP contribution in [0.2, 0.25) is 0 Å². The Morgan fingerprint density at radius 3 is 2.19 bits per heavy atom. The van der Waals surface area contributed by atoms with Gasteiger partial charge in [-0.1, -0.05) is 43.7 Å². The van der Waals surface area contributed by atoms with Crippen molar-refractivity contribution in [3.63, 3.8) is 0 Å². The van der Waals surface area contributed by atoms with Gasteiger partial charge in [0.25, 0.3) is 5.91 Å². The molecule has 322 valence electrons. The highest BCUT2D eigenvalue weighted by Crippen LogP contribution is 2.35. The maximum absolute atomic E-state index is 13.1. The fourth-order valence-corrected chi connectivity index (χ4v) is 6.82. The van der Waals surface area contributed by atoms with Crippen LogP contribution in [0.5, 0.6) is 5.75 Å². The first-order valence-corrected chi connectivity index (χ1v) is 21.1. The van der Waals surface area contributed by atoms with E-state index in [0.717, 1.165) is 21.6 Å². The van der Waals surface area contributed by atoms with Crippen molar-refractivity contribution in [2.24, 2.45) is 11.8 Å². The number of pyridine rings is 1. The summed E-state index contributed by atoms with van der Waals surface area (Å²) in [4.78, 5) is 77.5. The number of ether oxygens (including phenoxy) is 5.